The van der Waals surface area contributed by atoms with Crippen LogP contribution in [0.1, 0.15) is 26.7 Å². The molecule has 0 aliphatic heterocycles. The molecule has 0 bridgehead atoms. The quantitative estimate of drug-likeness (QED) is 0.790. The molecule has 0 saturated heterocycles. The van der Waals surface area contributed by atoms with Gasteiger partial charge in [0.25, 0.3) is 0 Å². The molecule has 0 aromatic heterocycles. The van der Waals surface area contributed by atoms with Crippen LogP contribution in [0.3, 0.4) is 0 Å². The lowest BCUT2D eigenvalue weighted by molar-refractivity contribution is 0.572. The van der Waals surface area contributed by atoms with Gasteiger partial charge in [-0.05, 0) is 37.2 Å². The Kier molecular flexibility index (Phi) is 5.19. The monoisotopic (exact) mass is 240 g/mol. The van der Waals surface area contributed by atoms with Gasteiger partial charge in [0.2, 0.25) is 0 Å². The van der Waals surface area contributed by atoms with Crippen LogP contribution in [0, 0.1) is 5.82 Å². The molecule has 0 heterocycles. The highest BCUT2D eigenvalue weighted by Gasteiger charge is 2.06. The van der Waals surface area contributed by atoms with E-state index in [1.807, 2.05) is 0 Å². The number of benzene rings is 1. The van der Waals surface area contributed by atoms with Crippen LogP contribution in [-0.2, 0) is 0 Å². The van der Waals surface area contributed by atoms with E-state index in [-0.39, 0.29) is 5.82 Å². The minimum absolute atomic E-state index is 0.295. The smallest absolute Gasteiger partial charge is 0.171 e. The molecular formula is C12H17FN2S. The minimum Gasteiger partial charge on any atom is -0.360 e. The van der Waals surface area contributed by atoms with Gasteiger partial charge < -0.3 is 10.6 Å². The first kappa shape index (κ1) is 12.9. The van der Waals surface area contributed by atoms with Crippen LogP contribution >= 0.6 is 12.2 Å². The summed E-state index contributed by atoms with van der Waals surface area (Å²) < 4.78 is 13.3. The maximum absolute atomic E-state index is 13.3. The molecule has 16 heavy (non-hydrogen) atoms. The Morgan fingerprint density at radius 1 is 1.31 bits per heavy atom. The van der Waals surface area contributed by atoms with E-state index in [0.717, 1.165) is 12.8 Å². The molecule has 88 valence electrons. The van der Waals surface area contributed by atoms with Crippen molar-refractivity contribution in [1.82, 2.24) is 5.32 Å². The van der Waals surface area contributed by atoms with Crippen LogP contribution in [0.4, 0.5) is 10.1 Å². The number of hydrogen-bond acceptors (Lipinski definition) is 1. The summed E-state index contributed by atoms with van der Waals surface area (Å²) in [5.41, 5.74) is 0.408. The molecule has 2 N–H and O–H groups in total. The Morgan fingerprint density at radius 3 is 2.50 bits per heavy atom. The summed E-state index contributed by atoms with van der Waals surface area (Å²) in [6, 6.07) is 6.83. The van der Waals surface area contributed by atoms with Gasteiger partial charge in [-0.2, -0.15) is 0 Å². The van der Waals surface area contributed by atoms with E-state index in [1.165, 1.54) is 6.07 Å². The van der Waals surface area contributed by atoms with Gasteiger partial charge in [0.1, 0.15) is 5.82 Å². The SMILES string of the molecule is CCC(CC)NC(=S)Nc1ccccc1F. The van der Waals surface area contributed by atoms with Crippen LogP contribution < -0.4 is 10.6 Å². The second-order valence-electron chi connectivity index (χ2n) is 3.59. The average Bonchev–Trinajstić information content (AvgIpc) is 2.29. The highest BCUT2D eigenvalue weighted by molar-refractivity contribution is 7.80. The molecule has 0 aliphatic carbocycles. The molecule has 1 aromatic carbocycles. The molecule has 0 unspecified atom stereocenters. The van der Waals surface area contributed by atoms with Crippen LogP contribution in [0.5, 0.6) is 0 Å². The van der Waals surface area contributed by atoms with E-state index in [0.29, 0.717) is 16.8 Å². The normalized spacial score (nSPS) is 10.2. The number of anilines is 1. The molecule has 0 amide bonds. The van der Waals surface area contributed by atoms with E-state index in [2.05, 4.69) is 24.5 Å². The molecule has 0 fully saturated rings. The summed E-state index contributed by atoms with van der Waals surface area (Å²) >= 11 is 5.12. The van der Waals surface area contributed by atoms with Crippen molar-refractivity contribution >= 4 is 23.0 Å². The average molecular weight is 240 g/mol. The zero-order valence-corrected chi connectivity index (χ0v) is 10.4. The van der Waals surface area contributed by atoms with Crippen molar-refractivity contribution in [3.8, 4) is 0 Å². The number of thiocarbonyl (C=S) groups is 1. The van der Waals surface area contributed by atoms with Crippen LogP contribution in [-0.4, -0.2) is 11.2 Å². The van der Waals surface area contributed by atoms with Crippen molar-refractivity contribution in [2.24, 2.45) is 0 Å². The van der Waals surface area contributed by atoms with Gasteiger partial charge in [0.05, 0.1) is 5.69 Å². The lowest BCUT2D eigenvalue weighted by atomic mass is 10.2. The third-order valence-electron chi connectivity index (χ3n) is 2.44. The van der Waals surface area contributed by atoms with Crippen LogP contribution in [0.2, 0.25) is 0 Å². The van der Waals surface area contributed by atoms with Crippen molar-refractivity contribution in [3.63, 3.8) is 0 Å². The van der Waals surface area contributed by atoms with E-state index in [4.69, 9.17) is 12.2 Å². The fraction of sp³-hybridized carbons (Fsp3) is 0.417. The van der Waals surface area contributed by atoms with Crippen molar-refractivity contribution in [2.75, 3.05) is 5.32 Å². The highest BCUT2D eigenvalue weighted by atomic mass is 32.1. The van der Waals surface area contributed by atoms with Crippen LogP contribution in [0.25, 0.3) is 0 Å². The summed E-state index contributed by atoms with van der Waals surface area (Å²) in [7, 11) is 0. The Labute approximate surface area is 101 Å². The Bertz CT molecular complexity index is 351. The number of nitrogens with one attached hydrogen (secondary N) is 2. The van der Waals surface area contributed by atoms with E-state index in [1.54, 1.807) is 18.2 Å². The summed E-state index contributed by atoms with van der Waals surface area (Å²) in [6.07, 6.45) is 1.99. The number of hydrogen-bond donors (Lipinski definition) is 2. The second kappa shape index (κ2) is 6.43. The predicted octanol–water partition coefficient (Wildman–Crippen LogP) is 3.30. The first-order valence-electron chi connectivity index (χ1n) is 5.49. The van der Waals surface area contributed by atoms with Crippen molar-refractivity contribution in [1.29, 1.82) is 0 Å². The van der Waals surface area contributed by atoms with E-state index < -0.39 is 0 Å². The zero-order chi connectivity index (χ0) is 12.0. The summed E-state index contributed by atoms with van der Waals surface area (Å²) in [5.74, 6) is -0.295. The number of para-hydroxylation sites is 1. The minimum atomic E-state index is -0.295. The third-order valence-corrected chi connectivity index (χ3v) is 2.66. The Hall–Kier alpha value is -1.16. The predicted molar refractivity (Wildman–Crippen MR) is 70.1 cm³/mol. The first-order chi connectivity index (χ1) is 7.67. The third kappa shape index (κ3) is 3.77. The van der Waals surface area contributed by atoms with Gasteiger partial charge in [0, 0.05) is 6.04 Å². The fourth-order valence-corrected chi connectivity index (χ4v) is 1.68. The Balaban J connectivity index is 2.55. The molecule has 0 spiro atoms. The fourth-order valence-electron chi connectivity index (χ4n) is 1.40. The van der Waals surface area contributed by atoms with Crippen LogP contribution in [0.15, 0.2) is 24.3 Å². The van der Waals surface area contributed by atoms with Gasteiger partial charge in [0.15, 0.2) is 5.11 Å². The molecule has 0 radical (unpaired) electrons. The van der Waals surface area contributed by atoms with Crippen molar-refractivity contribution in [3.05, 3.63) is 30.1 Å². The lowest BCUT2D eigenvalue weighted by Crippen LogP contribution is -2.37. The first-order valence-corrected chi connectivity index (χ1v) is 5.90. The molecule has 1 aromatic rings. The molecule has 0 aliphatic rings. The van der Waals surface area contributed by atoms with Crippen molar-refractivity contribution < 1.29 is 4.39 Å². The molecular weight excluding hydrogens is 223 g/mol. The van der Waals surface area contributed by atoms with Gasteiger partial charge in [-0.15, -0.1) is 0 Å². The van der Waals surface area contributed by atoms with Gasteiger partial charge in [-0.3, -0.25) is 0 Å². The molecule has 0 atom stereocenters. The molecule has 0 saturated carbocycles. The van der Waals surface area contributed by atoms with Gasteiger partial charge in [-0.25, -0.2) is 4.39 Å². The maximum atomic E-state index is 13.3. The lowest BCUT2D eigenvalue weighted by Gasteiger charge is -2.17. The van der Waals surface area contributed by atoms with Gasteiger partial charge >= 0.3 is 0 Å². The standard InChI is InChI=1S/C12H17FN2S/c1-3-9(4-2)14-12(16)15-11-8-6-5-7-10(11)13/h5-9H,3-4H2,1-2H3,(H2,14,15,16). The molecule has 1 rings (SSSR count). The number of halogens is 1. The highest BCUT2D eigenvalue weighted by Crippen LogP contribution is 2.12. The molecule has 4 heteroatoms. The number of rotatable bonds is 4. The largest absolute Gasteiger partial charge is 0.360 e. The Morgan fingerprint density at radius 2 is 1.94 bits per heavy atom. The molecule has 2 nitrogen and oxygen atoms in total. The topological polar surface area (TPSA) is 24.1 Å². The van der Waals surface area contributed by atoms with E-state index >= 15 is 0 Å². The van der Waals surface area contributed by atoms with Crippen molar-refractivity contribution in [2.45, 2.75) is 32.7 Å². The van der Waals surface area contributed by atoms with Gasteiger partial charge in [-0.1, -0.05) is 26.0 Å². The maximum Gasteiger partial charge on any atom is 0.171 e. The van der Waals surface area contributed by atoms with E-state index in [9.17, 15) is 4.39 Å². The summed E-state index contributed by atoms with van der Waals surface area (Å²) in [6.45, 7) is 4.18. The summed E-state index contributed by atoms with van der Waals surface area (Å²) in [4.78, 5) is 0. The second-order valence-corrected chi connectivity index (χ2v) is 4.00. The zero-order valence-electron chi connectivity index (χ0n) is 9.59. The summed E-state index contributed by atoms with van der Waals surface area (Å²) in [5, 5.41) is 6.47.